The van der Waals surface area contributed by atoms with Crippen molar-refractivity contribution in [1.29, 1.82) is 0 Å². The molecule has 1 fully saturated rings. The van der Waals surface area contributed by atoms with Gasteiger partial charge in [0.1, 0.15) is 0 Å². The molecule has 0 spiro atoms. The van der Waals surface area contributed by atoms with Crippen LogP contribution in [0, 0.1) is 25.1 Å². The monoisotopic (exact) mass is 405 g/mol. The number of rotatable bonds is 5. The fourth-order valence-electron chi connectivity index (χ4n) is 3.29. The maximum atomic E-state index is 14.4. The minimum absolute atomic E-state index is 0.110. The first kappa shape index (κ1) is 19.4. The predicted molar refractivity (Wildman–Crippen MR) is 101 cm³/mol. The number of nitrogens with zero attached hydrogens (tertiary/aromatic N) is 4. The molecule has 3 aromatic rings. The van der Waals surface area contributed by atoms with Crippen LogP contribution < -0.4 is 5.32 Å². The Morgan fingerprint density at radius 3 is 2.59 bits per heavy atom. The number of alkyl halides is 3. The van der Waals surface area contributed by atoms with Crippen molar-refractivity contribution >= 4 is 17.2 Å². The van der Waals surface area contributed by atoms with Crippen molar-refractivity contribution in [2.45, 2.75) is 32.9 Å². The van der Waals surface area contributed by atoms with Crippen LogP contribution in [-0.2, 0) is 0 Å². The van der Waals surface area contributed by atoms with Gasteiger partial charge in [-0.1, -0.05) is 6.58 Å². The minimum Gasteiger partial charge on any atom is -0.353 e. The molecule has 152 valence electrons. The average Bonchev–Trinajstić information content (AvgIpc) is 3.37. The molecule has 0 unspecified atom stereocenters. The van der Waals surface area contributed by atoms with Crippen molar-refractivity contribution in [3.63, 3.8) is 0 Å². The number of nitrogens with one attached hydrogen (secondary N) is 1. The van der Waals surface area contributed by atoms with Gasteiger partial charge in [-0.2, -0.15) is 13.2 Å². The Balaban J connectivity index is 1.57. The van der Waals surface area contributed by atoms with E-state index in [1.54, 1.807) is 23.7 Å². The lowest BCUT2D eigenvalue weighted by molar-refractivity contribution is -0.182. The van der Waals surface area contributed by atoms with Crippen LogP contribution in [0.25, 0.3) is 11.2 Å². The van der Waals surface area contributed by atoms with Gasteiger partial charge in [0.2, 0.25) is 5.95 Å². The molecule has 0 aliphatic heterocycles. The summed E-state index contributed by atoms with van der Waals surface area (Å²) in [6.07, 6.45) is 0.779. The van der Waals surface area contributed by atoms with Crippen LogP contribution in [0.15, 0.2) is 31.2 Å². The van der Waals surface area contributed by atoms with Gasteiger partial charge in [0.15, 0.2) is 11.5 Å². The zero-order valence-electron chi connectivity index (χ0n) is 15.9. The number of fused-ring (bicyclic) bond motifs is 1. The molecular weight excluding hydrogens is 386 g/mol. The van der Waals surface area contributed by atoms with Crippen LogP contribution in [-0.4, -0.2) is 32.1 Å². The van der Waals surface area contributed by atoms with E-state index in [2.05, 4.69) is 26.8 Å². The minimum atomic E-state index is -4.24. The van der Waals surface area contributed by atoms with Gasteiger partial charge < -0.3 is 9.72 Å². The largest absolute Gasteiger partial charge is 0.396 e. The Kier molecular flexibility index (Phi) is 4.36. The van der Waals surface area contributed by atoms with Gasteiger partial charge in [-0.3, -0.25) is 0 Å². The molecular formula is C20H19F4N5. The number of hydrogen-bond donors (Lipinski definition) is 1. The van der Waals surface area contributed by atoms with Gasteiger partial charge in [0.25, 0.3) is 0 Å². The zero-order valence-corrected chi connectivity index (χ0v) is 15.9. The second-order valence-corrected chi connectivity index (χ2v) is 7.47. The fraction of sp³-hybridized carbons (Fsp3) is 0.350. The lowest BCUT2D eigenvalue weighted by Gasteiger charge is -2.19. The summed E-state index contributed by atoms with van der Waals surface area (Å²) in [6, 6.07) is 1.34. The average molecular weight is 405 g/mol. The fourth-order valence-corrected chi connectivity index (χ4v) is 3.29. The molecule has 0 saturated heterocycles. The molecule has 0 bridgehead atoms. The number of pyridine rings is 1. The van der Waals surface area contributed by atoms with E-state index in [0.717, 1.165) is 5.69 Å². The van der Waals surface area contributed by atoms with Gasteiger partial charge in [0.05, 0.1) is 11.1 Å². The molecule has 1 saturated carbocycles. The first-order valence-corrected chi connectivity index (χ1v) is 9.08. The molecule has 9 heteroatoms. The Morgan fingerprint density at radius 2 is 1.97 bits per heavy atom. The van der Waals surface area contributed by atoms with Crippen molar-refractivity contribution in [2.75, 3.05) is 11.9 Å². The van der Waals surface area contributed by atoms with Crippen LogP contribution in [0.2, 0.25) is 0 Å². The summed E-state index contributed by atoms with van der Waals surface area (Å²) in [5.74, 6) is -0.350. The first-order chi connectivity index (χ1) is 13.6. The van der Waals surface area contributed by atoms with Crippen LogP contribution in [0.4, 0.5) is 23.5 Å². The molecule has 3 aromatic heterocycles. The van der Waals surface area contributed by atoms with Crippen LogP contribution in [0.3, 0.4) is 0 Å². The van der Waals surface area contributed by atoms with Gasteiger partial charge in [-0.25, -0.2) is 19.3 Å². The third kappa shape index (κ3) is 3.34. The second-order valence-electron chi connectivity index (χ2n) is 7.47. The number of halogens is 4. The molecule has 0 atom stereocenters. The van der Waals surface area contributed by atoms with Gasteiger partial charge in [-0.15, -0.1) is 0 Å². The molecule has 1 N–H and O–H groups in total. The molecule has 0 radical (unpaired) electrons. The highest BCUT2D eigenvalue weighted by Gasteiger charge is 2.62. The molecule has 1 aliphatic carbocycles. The number of imidazole rings is 1. The standard InChI is InChI=1S/C20H19F4N5/c1-11-7-25-17-16(21)6-14(9-29(11)17)12(2)15-8-26-18(28-13(15)3)27-10-19(4-5-19)20(22,23)24/h6-9H,2,4-5,10H2,1,3H3,(H,26,27,28). The SMILES string of the molecule is C=C(c1cc(F)c2ncc(C)n2c1)c1cnc(NCC2(C(F)(F)F)CC2)nc1C. The molecule has 3 heterocycles. The van der Waals surface area contributed by atoms with Crippen molar-refractivity contribution in [3.05, 3.63) is 59.6 Å². The molecule has 5 nitrogen and oxygen atoms in total. The van der Waals surface area contributed by atoms with Gasteiger partial charge in [0, 0.05) is 42.0 Å². The van der Waals surface area contributed by atoms with E-state index in [1.165, 1.54) is 12.3 Å². The maximum Gasteiger partial charge on any atom is 0.396 e. The topological polar surface area (TPSA) is 55.1 Å². The highest BCUT2D eigenvalue weighted by Crippen LogP contribution is 2.57. The molecule has 1 aliphatic rings. The summed E-state index contributed by atoms with van der Waals surface area (Å²) < 4.78 is 55.2. The van der Waals surface area contributed by atoms with E-state index < -0.39 is 17.4 Å². The van der Waals surface area contributed by atoms with E-state index in [-0.39, 0.29) is 31.0 Å². The van der Waals surface area contributed by atoms with Crippen molar-refractivity contribution in [2.24, 2.45) is 5.41 Å². The summed E-state index contributed by atoms with van der Waals surface area (Å²) in [6.45, 7) is 7.30. The molecule has 0 aromatic carbocycles. The van der Waals surface area contributed by atoms with E-state index in [9.17, 15) is 17.6 Å². The number of anilines is 1. The van der Waals surface area contributed by atoms with Crippen LogP contribution in [0.1, 0.15) is 35.4 Å². The first-order valence-electron chi connectivity index (χ1n) is 9.08. The normalized spacial score (nSPS) is 15.5. The second kappa shape index (κ2) is 6.53. The Morgan fingerprint density at radius 1 is 1.24 bits per heavy atom. The van der Waals surface area contributed by atoms with Crippen LogP contribution in [0.5, 0.6) is 0 Å². The maximum absolute atomic E-state index is 14.4. The van der Waals surface area contributed by atoms with Crippen LogP contribution >= 0.6 is 0 Å². The smallest absolute Gasteiger partial charge is 0.353 e. The van der Waals surface area contributed by atoms with E-state index in [4.69, 9.17) is 0 Å². The summed E-state index contributed by atoms with van der Waals surface area (Å²) in [4.78, 5) is 12.4. The summed E-state index contributed by atoms with van der Waals surface area (Å²) in [7, 11) is 0. The lowest BCUT2D eigenvalue weighted by Crippen LogP contribution is -2.31. The molecule has 4 rings (SSSR count). The summed E-state index contributed by atoms with van der Waals surface area (Å²) in [5, 5.41) is 2.69. The highest BCUT2D eigenvalue weighted by atomic mass is 19.4. The Labute approximate surface area is 164 Å². The van der Waals surface area contributed by atoms with Crippen molar-refractivity contribution in [3.8, 4) is 0 Å². The van der Waals surface area contributed by atoms with Crippen molar-refractivity contribution in [1.82, 2.24) is 19.4 Å². The Hall–Kier alpha value is -2.97. The number of aryl methyl sites for hydroxylation is 2. The number of hydrogen-bond acceptors (Lipinski definition) is 4. The third-order valence-corrected chi connectivity index (χ3v) is 5.44. The zero-order chi connectivity index (χ0) is 21.0. The van der Waals surface area contributed by atoms with E-state index in [0.29, 0.717) is 22.4 Å². The van der Waals surface area contributed by atoms with Gasteiger partial charge >= 0.3 is 6.18 Å². The molecule has 29 heavy (non-hydrogen) atoms. The third-order valence-electron chi connectivity index (χ3n) is 5.44. The van der Waals surface area contributed by atoms with Crippen molar-refractivity contribution < 1.29 is 17.6 Å². The van der Waals surface area contributed by atoms with E-state index in [1.807, 2.05) is 6.92 Å². The lowest BCUT2D eigenvalue weighted by atomic mass is 10.0. The Bertz CT molecular complexity index is 1110. The summed E-state index contributed by atoms with van der Waals surface area (Å²) >= 11 is 0. The number of aromatic nitrogens is 4. The summed E-state index contributed by atoms with van der Waals surface area (Å²) in [5.41, 5.74) is 1.50. The van der Waals surface area contributed by atoms with E-state index >= 15 is 0 Å². The highest BCUT2D eigenvalue weighted by molar-refractivity contribution is 5.79. The van der Waals surface area contributed by atoms with Gasteiger partial charge in [-0.05, 0) is 38.3 Å². The quantitative estimate of drug-likeness (QED) is 0.626. The predicted octanol–water partition coefficient (Wildman–Crippen LogP) is 4.70. The molecule has 0 amide bonds.